The van der Waals surface area contributed by atoms with Gasteiger partial charge >= 0.3 is 0 Å². The molecule has 0 aliphatic heterocycles. The van der Waals surface area contributed by atoms with Gasteiger partial charge in [-0.3, -0.25) is 4.79 Å². The minimum Gasteiger partial charge on any atom is -0.315 e. The van der Waals surface area contributed by atoms with Gasteiger partial charge < -0.3 is 5.32 Å². The number of halogens is 4. The van der Waals surface area contributed by atoms with Crippen LogP contribution in [0.3, 0.4) is 0 Å². The molecule has 1 amide bonds. The lowest BCUT2D eigenvalue weighted by Gasteiger charge is -2.08. The van der Waals surface area contributed by atoms with Crippen LogP contribution in [0.5, 0.6) is 0 Å². The molecule has 2 rings (SSSR count). The molecule has 0 aromatic carbocycles. The minimum atomic E-state index is -0.619. The number of nitrogens with one attached hydrogen (secondary N) is 1. The van der Waals surface area contributed by atoms with Crippen molar-refractivity contribution in [2.75, 3.05) is 5.32 Å². The smallest absolute Gasteiger partial charge is 0.276 e. The zero-order valence-corrected chi connectivity index (χ0v) is 12.0. The summed E-state index contributed by atoms with van der Waals surface area (Å²) in [5.74, 6) is -0.619. The second-order valence-electron chi connectivity index (χ2n) is 3.25. The van der Waals surface area contributed by atoms with Crippen LogP contribution in [0.25, 0.3) is 0 Å². The lowest BCUT2D eigenvalue weighted by molar-refractivity contribution is 0.102. The Hall–Kier alpha value is -1.14. The Kier molecular flexibility index (Phi) is 4.42. The number of aromatic nitrogens is 3. The Bertz CT molecular complexity index is 629. The third-order valence-corrected chi connectivity index (χ3v) is 3.11. The van der Waals surface area contributed by atoms with Crippen LogP contribution in [0, 0.1) is 0 Å². The molecule has 5 nitrogen and oxygen atoms in total. The number of amides is 1. The van der Waals surface area contributed by atoms with E-state index < -0.39 is 5.91 Å². The molecule has 19 heavy (non-hydrogen) atoms. The fourth-order valence-electron chi connectivity index (χ4n) is 1.20. The SMILES string of the molecule is O=C(Nc1c(Cl)ncnc1Cl)c1nc(Cl)ccc1Cl. The Morgan fingerprint density at radius 1 is 1.05 bits per heavy atom. The summed E-state index contributed by atoms with van der Waals surface area (Å²) in [5.41, 5.74) is 0.0267. The minimum absolute atomic E-state index is 0.00602. The second-order valence-corrected chi connectivity index (χ2v) is 4.76. The highest BCUT2D eigenvalue weighted by atomic mass is 35.5. The molecule has 2 aromatic heterocycles. The molecule has 2 heterocycles. The van der Waals surface area contributed by atoms with Gasteiger partial charge in [0.15, 0.2) is 10.3 Å². The van der Waals surface area contributed by atoms with Crippen molar-refractivity contribution in [3.63, 3.8) is 0 Å². The van der Waals surface area contributed by atoms with E-state index in [0.717, 1.165) is 0 Å². The van der Waals surface area contributed by atoms with Gasteiger partial charge in [0.25, 0.3) is 5.91 Å². The number of hydrogen-bond acceptors (Lipinski definition) is 4. The van der Waals surface area contributed by atoms with Gasteiger partial charge in [0.05, 0.1) is 5.02 Å². The average molecular weight is 338 g/mol. The molecule has 0 aliphatic carbocycles. The predicted octanol–water partition coefficient (Wildman–Crippen LogP) is 3.74. The highest BCUT2D eigenvalue weighted by molar-refractivity contribution is 6.39. The molecule has 0 aliphatic rings. The van der Waals surface area contributed by atoms with E-state index in [-0.39, 0.29) is 31.9 Å². The topological polar surface area (TPSA) is 67.8 Å². The lowest BCUT2D eigenvalue weighted by Crippen LogP contribution is -2.15. The van der Waals surface area contributed by atoms with Gasteiger partial charge in [-0.1, -0.05) is 46.4 Å². The Balaban J connectivity index is 2.34. The van der Waals surface area contributed by atoms with Crippen molar-refractivity contribution < 1.29 is 4.79 Å². The van der Waals surface area contributed by atoms with Crippen LogP contribution >= 0.6 is 46.4 Å². The van der Waals surface area contributed by atoms with E-state index in [0.29, 0.717) is 0 Å². The van der Waals surface area contributed by atoms with Gasteiger partial charge in [0.2, 0.25) is 0 Å². The molecule has 0 unspecified atom stereocenters. The zero-order valence-electron chi connectivity index (χ0n) is 8.99. The van der Waals surface area contributed by atoms with Crippen molar-refractivity contribution in [3.05, 3.63) is 44.6 Å². The fourth-order valence-corrected chi connectivity index (χ4v) is 1.95. The molecule has 0 saturated heterocycles. The number of carbonyl (C=O) groups is 1. The van der Waals surface area contributed by atoms with Crippen molar-refractivity contribution in [2.45, 2.75) is 0 Å². The second kappa shape index (κ2) is 5.88. The molecular weight excluding hydrogens is 334 g/mol. The number of anilines is 1. The first-order valence-electron chi connectivity index (χ1n) is 4.78. The van der Waals surface area contributed by atoms with E-state index in [1.807, 2.05) is 0 Å². The number of nitrogens with zero attached hydrogens (tertiary/aromatic N) is 3. The molecule has 0 saturated carbocycles. The maximum atomic E-state index is 12.0. The van der Waals surface area contributed by atoms with Gasteiger partial charge in [-0.15, -0.1) is 0 Å². The molecule has 1 N–H and O–H groups in total. The molecule has 0 atom stereocenters. The van der Waals surface area contributed by atoms with Crippen LogP contribution in [0.1, 0.15) is 10.5 Å². The summed E-state index contributed by atoms with van der Waals surface area (Å²) >= 11 is 23.2. The first kappa shape index (κ1) is 14.3. The normalized spacial score (nSPS) is 10.3. The predicted molar refractivity (Wildman–Crippen MR) is 74.3 cm³/mol. The van der Waals surface area contributed by atoms with E-state index >= 15 is 0 Å². The third-order valence-electron chi connectivity index (χ3n) is 2.02. The maximum absolute atomic E-state index is 12.0. The van der Waals surface area contributed by atoms with Crippen LogP contribution in [-0.2, 0) is 0 Å². The number of hydrogen-bond donors (Lipinski definition) is 1. The zero-order chi connectivity index (χ0) is 14.0. The van der Waals surface area contributed by atoms with Crippen LogP contribution in [0.4, 0.5) is 5.69 Å². The molecular formula is C10H4Cl4N4O. The molecule has 0 spiro atoms. The Labute approximate surface area is 127 Å². The highest BCUT2D eigenvalue weighted by Crippen LogP contribution is 2.27. The fraction of sp³-hybridized carbons (Fsp3) is 0. The number of carbonyl (C=O) groups excluding carboxylic acids is 1. The Morgan fingerprint density at radius 2 is 1.68 bits per heavy atom. The summed E-state index contributed by atoms with van der Waals surface area (Å²) in [7, 11) is 0. The molecule has 0 bridgehead atoms. The van der Waals surface area contributed by atoms with Crippen molar-refractivity contribution in [2.24, 2.45) is 0 Å². The maximum Gasteiger partial charge on any atom is 0.276 e. The molecule has 98 valence electrons. The number of rotatable bonds is 2. The van der Waals surface area contributed by atoms with Gasteiger partial charge in [0, 0.05) is 0 Å². The van der Waals surface area contributed by atoms with Crippen LogP contribution in [0.15, 0.2) is 18.5 Å². The van der Waals surface area contributed by atoms with Gasteiger partial charge in [-0.2, -0.15) is 0 Å². The molecule has 0 radical (unpaired) electrons. The largest absolute Gasteiger partial charge is 0.315 e. The van der Waals surface area contributed by atoms with E-state index in [2.05, 4.69) is 20.3 Å². The average Bonchev–Trinajstić information content (AvgIpc) is 2.37. The summed E-state index contributed by atoms with van der Waals surface area (Å²) in [6, 6.07) is 2.92. The molecule has 0 fully saturated rings. The van der Waals surface area contributed by atoms with Crippen molar-refractivity contribution in [1.29, 1.82) is 0 Å². The standard InChI is InChI=1S/C10H4Cl4N4O/c11-4-1-2-5(12)17-6(4)10(19)18-7-8(13)15-3-16-9(7)14/h1-3H,(H,18,19). The van der Waals surface area contributed by atoms with Crippen LogP contribution < -0.4 is 5.32 Å². The quantitative estimate of drug-likeness (QED) is 0.669. The third kappa shape index (κ3) is 3.25. The highest BCUT2D eigenvalue weighted by Gasteiger charge is 2.17. The van der Waals surface area contributed by atoms with Crippen LogP contribution in [-0.4, -0.2) is 20.9 Å². The first-order chi connectivity index (χ1) is 8.99. The van der Waals surface area contributed by atoms with E-state index in [4.69, 9.17) is 46.4 Å². The van der Waals surface area contributed by atoms with Gasteiger partial charge in [-0.25, -0.2) is 15.0 Å². The Morgan fingerprint density at radius 3 is 2.32 bits per heavy atom. The van der Waals surface area contributed by atoms with Crippen LogP contribution in [0.2, 0.25) is 20.5 Å². The first-order valence-corrected chi connectivity index (χ1v) is 6.29. The number of pyridine rings is 1. The summed E-state index contributed by atoms with van der Waals surface area (Å²) < 4.78 is 0. The van der Waals surface area contributed by atoms with Crippen molar-refractivity contribution in [1.82, 2.24) is 15.0 Å². The summed E-state index contributed by atoms with van der Waals surface area (Å²) in [4.78, 5) is 23.2. The van der Waals surface area contributed by atoms with Gasteiger partial charge in [-0.05, 0) is 12.1 Å². The summed E-state index contributed by atoms with van der Waals surface area (Å²) in [6.45, 7) is 0. The molecule has 2 aromatic rings. The summed E-state index contributed by atoms with van der Waals surface area (Å²) in [6.07, 6.45) is 1.17. The lowest BCUT2D eigenvalue weighted by atomic mass is 10.3. The molecule has 9 heteroatoms. The van der Waals surface area contributed by atoms with Gasteiger partial charge in [0.1, 0.15) is 22.9 Å². The summed E-state index contributed by atoms with van der Waals surface area (Å²) in [5, 5.41) is 2.72. The van der Waals surface area contributed by atoms with Crippen molar-refractivity contribution in [3.8, 4) is 0 Å². The monoisotopic (exact) mass is 336 g/mol. The van der Waals surface area contributed by atoms with Crippen molar-refractivity contribution >= 4 is 58.0 Å². The van der Waals surface area contributed by atoms with E-state index in [1.54, 1.807) is 0 Å². The van der Waals surface area contributed by atoms with E-state index in [1.165, 1.54) is 18.5 Å². The van der Waals surface area contributed by atoms with E-state index in [9.17, 15) is 4.79 Å².